The van der Waals surface area contributed by atoms with Crippen LogP contribution in [0.1, 0.15) is 30.2 Å². The molecule has 3 nitrogen and oxygen atoms in total. The minimum absolute atomic E-state index is 0.134. The highest BCUT2D eigenvalue weighted by Crippen LogP contribution is 2.38. The van der Waals surface area contributed by atoms with Crippen LogP contribution in [0, 0.1) is 5.92 Å². The predicted molar refractivity (Wildman–Crippen MR) is 70.1 cm³/mol. The highest BCUT2D eigenvalue weighted by atomic mass is 32.1. The Morgan fingerprint density at radius 1 is 1.53 bits per heavy atom. The lowest BCUT2D eigenvalue weighted by atomic mass is 9.89. The Balaban J connectivity index is 1.41. The van der Waals surface area contributed by atoms with Gasteiger partial charge in [0.05, 0.1) is 18.2 Å². The molecule has 94 valence electrons. The predicted octanol–water partition coefficient (Wildman–Crippen LogP) is 1.91. The molecule has 0 amide bonds. The average Bonchev–Trinajstić information content (AvgIpc) is 3.06. The highest BCUT2D eigenvalue weighted by molar-refractivity contribution is 7.10. The second kappa shape index (κ2) is 5.06. The molecule has 0 radical (unpaired) electrons. The average molecular weight is 252 g/mol. The first-order chi connectivity index (χ1) is 8.33. The van der Waals surface area contributed by atoms with Crippen LogP contribution in [0.15, 0.2) is 17.5 Å². The fraction of sp³-hybridized carbons (Fsp3) is 0.692. The fourth-order valence-corrected chi connectivity index (χ4v) is 3.71. The number of hydrogen-bond donors (Lipinski definition) is 2. The van der Waals surface area contributed by atoms with E-state index in [0.29, 0.717) is 18.1 Å². The summed E-state index contributed by atoms with van der Waals surface area (Å²) < 4.78 is 5.85. The van der Waals surface area contributed by atoms with Crippen molar-refractivity contribution < 1.29 is 4.74 Å². The Kier molecular flexibility index (Phi) is 3.47. The van der Waals surface area contributed by atoms with E-state index in [1.54, 1.807) is 11.3 Å². The van der Waals surface area contributed by atoms with Crippen LogP contribution in [0.5, 0.6) is 0 Å². The largest absolute Gasteiger partial charge is 0.375 e. The summed E-state index contributed by atoms with van der Waals surface area (Å²) in [7, 11) is 0. The lowest BCUT2D eigenvalue weighted by molar-refractivity contribution is 0.0924. The van der Waals surface area contributed by atoms with Gasteiger partial charge in [0.25, 0.3) is 0 Å². The molecule has 4 unspecified atom stereocenters. The lowest BCUT2D eigenvalue weighted by Crippen LogP contribution is -2.33. The third-order valence-electron chi connectivity index (χ3n) is 3.91. The molecule has 2 fully saturated rings. The van der Waals surface area contributed by atoms with E-state index in [9.17, 15) is 0 Å². The van der Waals surface area contributed by atoms with E-state index in [0.717, 1.165) is 13.1 Å². The Bertz CT molecular complexity index is 354. The molecule has 2 saturated heterocycles. The number of nitrogens with one attached hydrogen (secondary N) is 1. The van der Waals surface area contributed by atoms with Gasteiger partial charge in [-0.15, -0.1) is 11.3 Å². The first kappa shape index (κ1) is 11.7. The topological polar surface area (TPSA) is 47.3 Å². The molecule has 17 heavy (non-hydrogen) atoms. The summed E-state index contributed by atoms with van der Waals surface area (Å²) in [4.78, 5) is 1.27. The number of hydrogen-bond acceptors (Lipinski definition) is 4. The normalized spacial score (nSPS) is 33.1. The molecule has 4 atom stereocenters. The van der Waals surface area contributed by atoms with Gasteiger partial charge in [0.2, 0.25) is 0 Å². The van der Waals surface area contributed by atoms with Crippen molar-refractivity contribution in [1.82, 2.24) is 5.32 Å². The van der Waals surface area contributed by atoms with Crippen molar-refractivity contribution >= 4 is 11.3 Å². The van der Waals surface area contributed by atoms with Crippen molar-refractivity contribution in [2.24, 2.45) is 11.7 Å². The fourth-order valence-electron chi connectivity index (χ4n) is 2.98. The summed E-state index contributed by atoms with van der Waals surface area (Å²) in [6.45, 7) is 1.93. The molecule has 3 rings (SSSR count). The number of fused-ring (bicyclic) bond motifs is 2. The molecule has 1 aromatic rings. The van der Waals surface area contributed by atoms with E-state index in [1.807, 2.05) is 0 Å². The third-order valence-corrected chi connectivity index (χ3v) is 4.92. The van der Waals surface area contributed by atoms with Crippen LogP contribution < -0.4 is 11.1 Å². The first-order valence-electron chi connectivity index (χ1n) is 6.48. The van der Waals surface area contributed by atoms with Gasteiger partial charge < -0.3 is 15.8 Å². The van der Waals surface area contributed by atoms with Gasteiger partial charge in [-0.2, -0.15) is 0 Å². The second-order valence-corrected chi connectivity index (χ2v) is 6.13. The van der Waals surface area contributed by atoms with Crippen molar-refractivity contribution in [2.45, 2.75) is 37.5 Å². The van der Waals surface area contributed by atoms with Gasteiger partial charge in [-0.1, -0.05) is 6.07 Å². The van der Waals surface area contributed by atoms with E-state index in [4.69, 9.17) is 10.5 Å². The van der Waals surface area contributed by atoms with Gasteiger partial charge in [0.15, 0.2) is 0 Å². The zero-order valence-corrected chi connectivity index (χ0v) is 10.8. The van der Waals surface area contributed by atoms with Crippen molar-refractivity contribution in [1.29, 1.82) is 0 Å². The molecule has 0 aromatic carbocycles. The van der Waals surface area contributed by atoms with Crippen LogP contribution in [0.25, 0.3) is 0 Å². The minimum Gasteiger partial charge on any atom is -0.375 e. The van der Waals surface area contributed by atoms with E-state index >= 15 is 0 Å². The quantitative estimate of drug-likeness (QED) is 0.841. The van der Waals surface area contributed by atoms with Gasteiger partial charge in [-0.3, -0.25) is 0 Å². The lowest BCUT2D eigenvalue weighted by Gasteiger charge is -2.20. The molecule has 0 saturated carbocycles. The number of ether oxygens (including phenoxy) is 1. The van der Waals surface area contributed by atoms with Gasteiger partial charge in [0, 0.05) is 23.9 Å². The Hall–Kier alpha value is -0.420. The molecule has 3 heterocycles. The third kappa shape index (κ3) is 2.55. The molecule has 2 bridgehead atoms. The van der Waals surface area contributed by atoms with Crippen molar-refractivity contribution in [3.05, 3.63) is 22.4 Å². The van der Waals surface area contributed by atoms with E-state index < -0.39 is 0 Å². The molecule has 3 N–H and O–H groups in total. The second-order valence-electron chi connectivity index (χ2n) is 5.15. The molecule has 4 heteroatoms. The van der Waals surface area contributed by atoms with E-state index in [2.05, 4.69) is 22.8 Å². The Morgan fingerprint density at radius 3 is 3.12 bits per heavy atom. The highest BCUT2D eigenvalue weighted by Gasteiger charge is 2.40. The molecule has 2 aliphatic heterocycles. The SMILES string of the molecule is NC(CNCC1CC2CCC1O2)c1cccs1. The van der Waals surface area contributed by atoms with Crippen LogP contribution in [-0.2, 0) is 4.74 Å². The van der Waals surface area contributed by atoms with Crippen LogP contribution >= 0.6 is 11.3 Å². The molecule has 0 aliphatic carbocycles. The Morgan fingerprint density at radius 2 is 2.47 bits per heavy atom. The van der Waals surface area contributed by atoms with E-state index in [1.165, 1.54) is 24.1 Å². The molecule has 2 aliphatic rings. The first-order valence-corrected chi connectivity index (χ1v) is 7.36. The maximum atomic E-state index is 6.12. The van der Waals surface area contributed by atoms with Gasteiger partial charge in [0.1, 0.15) is 0 Å². The number of rotatable bonds is 5. The maximum Gasteiger partial charge on any atom is 0.0621 e. The molecule has 1 aromatic heterocycles. The van der Waals surface area contributed by atoms with Crippen LogP contribution in [0.4, 0.5) is 0 Å². The van der Waals surface area contributed by atoms with E-state index in [-0.39, 0.29) is 6.04 Å². The molecule has 0 spiro atoms. The smallest absolute Gasteiger partial charge is 0.0621 e. The van der Waals surface area contributed by atoms with Crippen molar-refractivity contribution in [3.63, 3.8) is 0 Å². The van der Waals surface area contributed by atoms with Crippen LogP contribution in [-0.4, -0.2) is 25.3 Å². The van der Waals surface area contributed by atoms with Gasteiger partial charge >= 0.3 is 0 Å². The summed E-state index contributed by atoms with van der Waals surface area (Å²) in [5.41, 5.74) is 6.12. The van der Waals surface area contributed by atoms with Crippen LogP contribution in [0.3, 0.4) is 0 Å². The molecular weight excluding hydrogens is 232 g/mol. The number of nitrogens with two attached hydrogens (primary N) is 1. The maximum absolute atomic E-state index is 6.12. The van der Waals surface area contributed by atoms with Gasteiger partial charge in [-0.25, -0.2) is 0 Å². The molecular formula is C13H20N2OS. The van der Waals surface area contributed by atoms with Crippen molar-refractivity contribution in [3.8, 4) is 0 Å². The standard InChI is InChI=1S/C13H20N2OS/c14-11(13-2-1-5-17-13)8-15-7-9-6-10-3-4-12(9)16-10/h1-2,5,9-12,15H,3-4,6-8,14H2. The van der Waals surface area contributed by atoms with Crippen LogP contribution in [0.2, 0.25) is 0 Å². The Labute approximate surface area is 106 Å². The minimum atomic E-state index is 0.134. The van der Waals surface area contributed by atoms with Gasteiger partial charge in [-0.05, 0) is 30.7 Å². The summed E-state index contributed by atoms with van der Waals surface area (Å²) >= 11 is 1.74. The summed E-state index contributed by atoms with van der Waals surface area (Å²) in [6, 6.07) is 4.30. The summed E-state index contributed by atoms with van der Waals surface area (Å²) in [6.07, 6.45) is 4.85. The zero-order chi connectivity index (χ0) is 11.7. The summed E-state index contributed by atoms with van der Waals surface area (Å²) in [5.74, 6) is 0.712. The zero-order valence-electron chi connectivity index (χ0n) is 9.97. The monoisotopic (exact) mass is 252 g/mol. The summed E-state index contributed by atoms with van der Waals surface area (Å²) in [5, 5.41) is 5.58. The number of thiophene rings is 1. The van der Waals surface area contributed by atoms with Crippen molar-refractivity contribution in [2.75, 3.05) is 13.1 Å².